The van der Waals surface area contributed by atoms with Gasteiger partial charge in [0.15, 0.2) is 5.78 Å². The average Bonchev–Trinajstić information content (AvgIpc) is 3.05. The van der Waals surface area contributed by atoms with Crippen LogP contribution in [0.2, 0.25) is 0 Å². The van der Waals surface area contributed by atoms with Crippen LogP contribution in [-0.2, 0) is 17.6 Å². The maximum atomic E-state index is 12.1. The van der Waals surface area contributed by atoms with Crippen LogP contribution in [0, 0.1) is 0 Å². The highest BCUT2D eigenvalue weighted by Crippen LogP contribution is 2.24. The van der Waals surface area contributed by atoms with Crippen molar-refractivity contribution in [1.82, 2.24) is 0 Å². The predicted molar refractivity (Wildman–Crippen MR) is 71.0 cm³/mol. The standard InChI is InChI=1S/C16H20O2/c17-16(9-8-15-5-2-10-18-15)14-7-6-12-3-1-4-13(12)11-14/h6-7,11,15H,1-5,8-10H2. The number of carbonyl (C=O) groups is 1. The van der Waals surface area contributed by atoms with Crippen LogP contribution in [0.4, 0.5) is 0 Å². The van der Waals surface area contributed by atoms with Crippen molar-refractivity contribution in [3.05, 3.63) is 34.9 Å². The van der Waals surface area contributed by atoms with Crippen molar-refractivity contribution in [2.45, 2.75) is 51.0 Å². The fourth-order valence-corrected chi connectivity index (χ4v) is 3.05. The molecule has 0 amide bonds. The number of Topliss-reactive ketones (excluding diaryl/α,β-unsaturated/α-hetero) is 1. The van der Waals surface area contributed by atoms with Gasteiger partial charge in [-0.25, -0.2) is 0 Å². The van der Waals surface area contributed by atoms with Gasteiger partial charge < -0.3 is 4.74 Å². The van der Waals surface area contributed by atoms with Gasteiger partial charge in [0.25, 0.3) is 0 Å². The molecule has 0 bridgehead atoms. The topological polar surface area (TPSA) is 26.3 Å². The van der Waals surface area contributed by atoms with Crippen LogP contribution in [-0.4, -0.2) is 18.5 Å². The van der Waals surface area contributed by atoms with Crippen molar-refractivity contribution >= 4 is 5.78 Å². The quantitative estimate of drug-likeness (QED) is 0.759. The van der Waals surface area contributed by atoms with E-state index in [-0.39, 0.29) is 5.78 Å². The number of carbonyl (C=O) groups excluding carboxylic acids is 1. The second kappa shape index (κ2) is 5.23. The molecule has 1 aromatic rings. The van der Waals surface area contributed by atoms with Crippen LogP contribution in [0.3, 0.4) is 0 Å². The summed E-state index contributed by atoms with van der Waals surface area (Å²) in [5, 5.41) is 0. The summed E-state index contributed by atoms with van der Waals surface area (Å²) in [5.74, 6) is 0.278. The highest BCUT2D eigenvalue weighted by molar-refractivity contribution is 5.96. The molecule has 2 heteroatoms. The van der Waals surface area contributed by atoms with E-state index in [4.69, 9.17) is 4.74 Å². The van der Waals surface area contributed by atoms with Crippen LogP contribution >= 0.6 is 0 Å². The minimum absolute atomic E-state index is 0.278. The molecule has 0 radical (unpaired) electrons. The van der Waals surface area contributed by atoms with Gasteiger partial charge in [0.1, 0.15) is 0 Å². The molecule has 1 fully saturated rings. The lowest BCUT2D eigenvalue weighted by molar-refractivity contribution is 0.0859. The van der Waals surface area contributed by atoms with Gasteiger partial charge in [-0.15, -0.1) is 0 Å². The van der Waals surface area contributed by atoms with Crippen LogP contribution in [0.25, 0.3) is 0 Å². The molecule has 1 heterocycles. The van der Waals surface area contributed by atoms with Gasteiger partial charge in [0, 0.05) is 18.6 Å². The number of rotatable bonds is 4. The fraction of sp³-hybridized carbons (Fsp3) is 0.562. The molecule has 1 atom stereocenters. The van der Waals surface area contributed by atoms with Crippen molar-refractivity contribution in [1.29, 1.82) is 0 Å². The van der Waals surface area contributed by atoms with Crippen molar-refractivity contribution in [3.8, 4) is 0 Å². The Hall–Kier alpha value is -1.15. The van der Waals surface area contributed by atoms with E-state index in [2.05, 4.69) is 12.1 Å². The Balaban J connectivity index is 1.61. The Kier molecular flexibility index (Phi) is 3.46. The molecule has 1 aliphatic heterocycles. The van der Waals surface area contributed by atoms with E-state index in [9.17, 15) is 4.79 Å². The summed E-state index contributed by atoms with van der Waals surface area (Å²) in [6.45, 7) is 0.873. The smallest absolute Gasteiger partial charge is 0.162 e. The summed E-state index contributed by atoms with van der Waals surface area (Å²) >= 11 is 0. The molecule has 1 aromatic carbocycles. The van der Waals surface area contributed by atoms with E-state index < -0.39 is 0 Å². The molecule has 18 heavy (non-hydrogen) atoms. The van der Waals surface area contributed by atoms with E-state index in [0.29, 0.717) is 12.5 Å². The third-order valence-corrected chi connectivity index (χ3v) is 4.14. The zero-order valence-corrected chi connectivity index (χ0v) is 10.8. The highest BCUT2D eigenvalue weighted by Gasteiger charge is 2.18. The van der Waals surface area contributed by atoms with E-state index in [0.717, 1.165) is 37.9 Å². The number of fused-ring (bicyclic) bond motifs is 1. The zero-order valence-electron chi connectivity index (χ0n) is 10.8. The molecule has 1 aliphatic carbocycles. The molecule has 0 saturated carbocycles. The van der Waals surface area contributed by atoms with Gasteiger partial charge in [-0.1, -0.05) is 12.1 Å². The van der Waals surface area contributed by atoms with Gasteiger partial charge in [-0.3, -0.25) is 4.79 Å². The number of hydrogen-bond acceptors (Lipinski definition) is 2. The van der Waals surface area contributed by atoms with Crippen LogP contribution in [0.15, 0.2) is 18.2 Å². The normalized spacial score (nSPS) is 22.1. The number of ketones is 1. The summed E-state index contributed by atoms with van der Waals surface area (Å²) in [4.78, 5) is 12.1. The summed E-state index contributed by atoms with van der Waals surface area (Å²) in [6.07, 6.45) is 7.67. The van der Waals surface area contributed by atoms with Crippen molar-refractivity contribution < 1.29 is 9.53 Å². The molecule has 3 rings (SSSR count). The SMILES string of the molecule is O=C(CCC1CCCO1)c1ccc2c(c1)CCC2. The molecule has 1 unspecified atom stereocenters. The Morgan fingerprint density at radius 1 is 1.22 bits per heavy atom. The first-order chi connectivity index (χ1) is 8.83. The molecule has 0 spiro atoms. The molecule has 0 N–H and O–H groups in total. The zero-order chi connectivity index (χ0) is 12.4. The lowest BCUT2D eigenvalue weighted by Gasteiger charge is -2.09. The minimum atomic E-state index is 0.278. The third-order valence-electron chi connectivity index (χ3n) is 4.14. The number of benzene rings is 1. The molecule has 1 saturated heterocycles. The predicted octanol–water partition coefficient (Wildman–Crippen LogP) is 3.32. The van der Waals surface area contributed by atoms with E-state index in [1.807, 2.05) is 6.07 Å². The fourth-order valence-electron chi connectivity index (χ4n) is 3.05. The number of ether oxygens (including phenoxy) is 1. The van der Waals surface area contributed by atoms with Gasteiger partial charge in [-0.2, -0.15) is 0 Å². The van der Waals surface area contributed by atoms with Crippen LogP contribution in [0.1, 0.15) is 53.6 Å². The largest absolute Gasteiger partial charge is 0.378 e. The first-order valence-electron chi connectivity index (χ1n) is 7.09. The van der Waals surface area contributed by atoms with Gasteiger partial charge >= 0.3 is 0 Å². The summed E-state index contributed by atoms with van der Waals surface area (Å²) in [5.41, 5.74) is 3.72. The maximum Gasteiger partial charge on any atom is 0.162 e. The molecular formula is C16H20O2. The van der Waals surface area contributed by atoms with Crippen molar-refractivity contribution in [3.63, 3.8) is 0 Å². The molecule has 0 aromatic heterocycles. The summed E-state index contributed by atoms with van der Waals surface area (Å²) < 4.78 is 5.56. The maximum absolute atomic E-state index is 12.1. The van der Waals surface area contributed by atoms with Crippen molar-refractivity contribution in [2.24, 2.45) is 0 Å². The Bertz CT molecular complexity index is 444. The Labute approximate surface area is 108 Å². The van der Waals surface area contributed by atoms with Gasteiger partial charge in [0.2, 0.25) is 0 Å². The molecule has 96 valence electrons. The first-order valence-corrected chi connectivity index (χ1v) is 7.09. The minimum Gasteiger partial charge on any atom is -0.378 e. The monoisotopic (exact) mass is 244 g/mol. The Morgan fingerprint density at radius 2 is 2.11 bits per heavy atom. The van der Waals surface area contributed by atoms with E-state index in [1.54, 1.807) is 0 Å². The summed E-state index contributed by atoms with van der Waals surface area (Å²) in [7, 11) is 0. The number of aryl methyl sites for hydroxylation is 2. The van der Waals surface area contributed by atoms with Crippen LogP contribution < -0.4 is 0 Å². The van der Waals surface area contributed by atoms with Gasteiger partial charge in [-0.05, 0) is 55.7 Å². The lowest BCUT2D eigenvalue weighted by atomic mass is 10.00. The lowest BCUT2D eigenvalue weighted by Crippen LogP contribution is -2.09. The summed E-state index contributed by atoms with van der Waals surface area (Å²) in [6, 6.07) is 6.25. The molecule has 2 aliphatic rings. The van der Waals surface area contributed by atoms with Gasteiger partial charge in [0.05, 0.1) is 6.10 Å². The second-order valence-electron chi connectivity index (χ2n) is 5.43. The van der Waals surface area contributed by atoms with Crippen molar-refractivity contribution in [2.75, 3.05) is 6.61 Å². The van der Waals surface area contributed by atoms with E-state index in [1.165, 1.54) is 24.0 Å². The number of hydrogen-bond donors (Lipinski definition) is 0. The van der Waals surface area contributed by atoms with E-state index >= 15 is 0 Å². The third kappa shape index (κ3) is 2.49. The molecular weight excluding hydrogens is 224 g/mol. The highest BCUT2D eigenvalue weighted by atomic mass is 16.5. The average molecular weight is 244 g/mol. The van der Waals surface area contributed by atoms with Crippen LogP contribution in [0.5, 0.6) is 0 Å². The first kappa shape index (κ1) is 11.9. The second-order valence-corrected chi connectivity index (χ2v) is 5.43. The Morgan fingerprint density at radius 3 is 2.94 bits per heavy atom. The molecule has 2 nitrogen and oxygen atoms in total.